The first-order chi connectivity index (χ1) is 26.6. The van der Waals surface area contributed by atoms with Crippen LogP contribution in [-0.2, 0) is 26.8 Å². The van der Waals surface area contributed by atoms with Gasteiger partial charge >= 0.3 is 5.97 Å². The Morgan fingerprint density at radius 1 is 0.696 bits per heavy atom. The van der Waals surface area contributed by atoms with E-state index in [1.54, 1.807) is 36.4 Å². The number of aromatic carboxylic acids is 1. The number of benzene rings is 6. The molecule has 1 heterocycles. The number of aryl methyl sites for hydroxylation is 1. The Bertz CT molecular complexity index is 2700. The van der Waals surface area contributed by atoms with E-state index in [2.05, 4.69) is 15.2 Å². The summed E-state index contributed by atoms with van der Waals surface area (Å²) in [6.45, 7) is 5.47. The summed E-state index contributed by atoms with van der Waals surface area (Å²) >= 11 is 5.69. The maximum Gasteiger partial charge on any atom is 0.336 e. The Morgan fingerprint density at radius 2 is 1.30 bits per heavy atom. The van der Waals surface area contributed by atoms with Gasteiger partial charge < -0.3 is 15.3 Å². The maximum absolute atomic E-state index is 11.2. The fraction of sp³-hybridized carbons (Fsp3) is 0.0952. The number of anilines is 3. The first-order valence-corrected chi connectivity index (χ1v) is 20.4. The minimum atomic E-state index is -4.17. The number of para-hydroxylation sites is 2. The number of rotatable bonds is 9. The van der Waals surface area contributed by atoms with E-state index in [9.17, 15) is 21.6 Å². The standard InChI is InChI=1S/C17H15NO3S.C15H17NO3S.C10H6ClNO2/c1-12-2-6-15(7-3-12)18-16-8-4-14-11-17(22(19,20)21)9-5-13(14)10-16;1-2-16(14-8-4-3-5-9-14)12-13-7-6-10-15(11-13)20(17,18)19;11-9-5-7(10(13)14)6-3-1-2-4-8(6)12-9/h2-11,18H,1H3,(H,19,20,21);3-11H,2,12H2,1H3,(H,17,18,19);1-5H,(H,13,14). The third-order valence-corrected chi connectivity index (χ3v) is 10.3. The van der Waals surface area contributed by atoms with Crippen LogP contribution >= 0.6 is 11.6 Å². The van der Waals surface area contributed by atoms with E-state index in [1.807, 2.05) is 92.7 Å². The van der Waals surface area contributed by atoms with Gasteiger partial charge in [0.05, 0.1) is 20.9 Å². The highest BCUT2D eigenvalue weighted by atomic mass is 35.5. The lowest BCUT2D eigenvalue weighted by Crippen LogP contribution is -2.21. The van der Waals surface area contributed by atoms with Gasteiger partial charge in [-0.3, -0.25) is 9.11 Å². The summed E-state index contributed by atoms with van der Waals surface area (Å²) in [6.07, 6.45) is 0. The molecule has 4 N–H and O–H groups in total. The number of carbonyl (C=O) groups is 1. The van der Waals surface area contributed by atoms with E-state index in [0.717, 1.165) is 39.9 Å². The Hall–Kier alpha value is -5.83. The molecule has 0 aliphatic heterocycles. The second kappa shape index (κ2) is 18.2. The highest BCUT2D eigenvalue weighted by molar-refractivity contribution is 7.86. The molecular formula is C42H38ClN3O8S2. The molecule has 14 heteroatoms. The summed E-state index contributed by atoms with van der Waals surface area (Å²) in [7, 11) is -8.32. The van der Waals surface area contributed by atoms with Crippen molar-refractivity contribution in [3.8, 4) is 0 Å². The molecule has 56 heavy (non-hydrogen) atoms. The van der Waals surface area contributed by atoms with Gasteiger partial charge in [-0.15, -0.1) is 0 Å². The lowest BCUT2D eigenvalue weighted by molar-refractivity contribution is 0.0699. The van der Waals surface area contributed by atoms with Gasteiger partial charge in [0.2, 0.25) is 0 Å². The van der Waals surface area contributed by atoms with Crippen LogP contribution < -0.4 is 10.2 Å². The van der Waals surface area contributed by atoms with Crippen molar-refractivity contribution in [2.75, 3.05) is 16.8 Å². The van der Waals surface area contributed by atoms with Crippen molar-refractivity contribution in [2.24, 2.45) is 0 Å². The molecule has 0 spiro atoms. The number of nitrogens with zero attached hydrogens (tertiary/aromatic N) is 2. The normalized spacial score (nSPS) is 11.2. The van der Waals surface area contributed by atoms with Crippen LogP contribution in [0, 0.1) is 6.92 Å². The average Bonchev–Trinajstić information content (AvgIpc) is 3.17. The summed E-state index contributed by atoms with van der Waals surface area (Å²) in [5.74, 6) is -0.995. The van der Waals surface area contributed by atoms with Gasteiger partial charge in [0.15, 0.2) is 0 Å². The Balaban J connectivity index is 0.000000165. The number of carboxylic acids is 1. The van der Waals surface area contributed by atoms with Crippen LogP contribution in [0.1, 0.15) is 28.4 Å². The third kappa shape index (κ3) is 11.4. The van der Waals surface area contributed by atoms with Crippen LogP contribution in [0.4, 0.5) is 17.1 Å². The Morgan fingerprint density at radius 3 is 1.96 bits per heavy atom. The number of hydrogen-bond donors (Lipinski definition) is 4. The lowest BCUT2D eigenvalue weighted by atomic mass is 10.1. The first kappa shape index (κ1) is 41.3. The number of hydrogen-bond acceptors (Lipinski definition) is 8. The van der Waals surface area contributed by atoms with E-state index >= 15 is 0 Å². The summed E-state index contributed by atoms with van der Waals surface area (Å²) in [5.41, 5.74) is 5.79. The average molecular weight is 812 g/mol. The van der Waals surface area contributed by atoms with Gasteiger partial charge in [-0.25, -0.2) is 9.78 Å². The minimum absolute atomic E-state index is 0.0703. The number of pyridine rings is 1. The van der Waals surface area contributed by atoms with E-state index in [1.165, 1.54) is 35.9 Å². The number of aromatic nitrogens is 1. The maximum atomic E-state index is 11.2. The molecule has 7 aromatic rings. The molecule has 0 atom stereocenters. The molecular weight excluding hydrogens is 774 g/mol. The smallest absolute Gasteiger partial charge is 0.336 e. The zero-order chi connectivity index (χ0) is 40.5. The summed E-state index contributed by atoms with van der Waals surface area (Å²) in [6, 6.07) is 42.8. The highest BCUT2D eigenvalue weighted by Gasteiger charge is 2.13. The summed E-state index contributed by atoms with van der Waals surface area (Å²) in [4.78, 5) is 16.9. The molecule has 0 saturated heterocycles. The van der Waals surface area contributed by atoms with Crippen molar-refractivity contribution >= 4 is 76.5 Å². The number of halogens is 1. The van der Waals surface area contributed by atoms with Crippen molar-refractivity contribution < 1.29 is 35.8 Å². The third-order valence-electron chi connectivity index (χ3n) is 8.44. The predicted molar refractivity (Wildman–Crippen MR) is 221 cm³/mol. The first-order valence-electron chi connectivity index (χ1n) is 17.1. The molecule has 0 amide bonds. The Kier molecular flexibility index (Phi) is 13.4. The second-order valence-electron chi connectivity index (χ2n) is 12.5. The largest absolute Gasteiger partial charge is 0.478 e. The van der Waals surface area contributed by atoms with Gasteiger partial charge in [0.1, 0.15) is 5.15 Å². The van der Waals surface area contributed by atoms with Crippen molar-refractivity contribution in [1.82, 2.24) is 4.98 Å². The Labute approximate surface area is 330 Å². The summed E-state index contributed by atoms with van der Waals surface area (Å²) < 4.78 is 62.8. The molecule has 0 aliphatic rings. The van der Waals surface area contributed by atoms with Crippen molar-refractivity contribution in [1.29, 1.82) is 0 Å². The van der Waals surface area contributed by atoms with Crippen LogP contribution in [0.2, 0.25) is 5.15 Å². The molecule has 0 fully saturated rings. The molecule has 1 aromatic heterocycles. The molecule has 288 valence electrons. The van der Waals surface area contributed by atoms with Gasteiger partial charge in [-0.05, 0) is 103 Å². The van der Waals surface area contributed by atoms with Crippen molar-refractivity contribution in [3.63, 3.8) is 0 Å². The van der Waals surface area contributed by atoms with E-state index in [-0.39, 0.29) is 20.5 Å². The van der Waals surface area contributed by atoms with Gasteiger partial charge in [-0.2, -0.15) is 16.8 Å². The number of fused-ring (bicyclic) bond motifs is 2. The number of carboxylic acid groups (broad SMARTS) is 1. The van der Waals surface area contributed by atoms with Crippen LogP contribution in [0.5, 0.6) is 0 Å². The zero-order valence-electron chi connectivity index (χ0n) is 30.2. The van der Waals surface area contributed by atoms with Gasteiger partial charge in [0.25, 0.3) is 20.2 Å². The lowest BCUT2D eigenvalue weighted by Gasteiger charge is -2.23. The molecule has 11 nitrogen and oxygen atoms in total. The summed E-state index contributed by atoms with van der Waals surface area (Å²) in [5, 5.41) is 14.7. The molecule has 0 unspecified atom stereocenters. The zero-order valence-corrected chi connectivity index (χ0v) is 32.6. The minimum Gasteiger partial charge on any atom is -0.478 e. The van der Waals surface area contributed by atoms with Gasteiger partial charge in [-0.1, -0.05) is 90.0 Å². The van der Waals surface area contributed by atoms with E-state index in [0.29, 0.717) is 17.4 Å². The highest BCUT2D eigenvalue weighted by Crippen LogP contribution is 2.25. The van der Waals surface area contributed by atoms with E-state index in [4.69, 9.17) is 25.8 Å². The molecule has 6 aromatic carbocycles. The van der Waals surface area contributed by atoms with Crippen LogP contribution in [-0.4, -0.2) is 48.5 Å². The van der Waals surface area contributed by atoms with Crippen molar-refractivity contribution in [2.45, 2.75) is 30.2 Å². The molecule has 7 rings (SSSR count). The SMILES string of the molecule is CCN(Cc1cccc(S(=O)(=O)O)c1)c1ccccc1.Cc1ccc(Nc2ccc3cc(S(=O)(=O)O)ccc3c2)cc1.O=C(O)c1cc(Cl)nc2ccccc12. The molecule has 0 aliphatic carbocycles. The van der Waals surface area contributed by atoms with E-state index < -0.39 is 26.2 Å². The van der Waals surface area contributed by atoms with Crippen LogP contribution in [0.15, 0.2) is 155 Å². The van der Waals surface area contributed by atoms with Gasteiger partial charge in [0, 0.05) is 35.5 Å². The quantitative estimate of drug-likeness (QED) is 0.0807. The number of nitrogens with one attached hydrogen (secondary N) is 1. The fourth-order valence-electron chi connectivity index (χ4n) is 5.63. The molecule has 0 saturated carbocycles. The fourth-order valence-corrected chi connectivity index (χ4v) is 6.90. The topological polar surface area (TPSA) is 174 Å². The van der Waals surface area contributed by atoms with Crippen LogP contribution in [0.3, 0.4) is 0 Å². The second-order valence-corrected chi connectivity index (χ2v) is 15.7. The molecule has 0 radical (unpaired) electrons. The monoisotopic (exact) mass is 811 g/mol. The predicted octanol–water partition coefficient (Wildman–Crippen LogP) is 9.68. The molecule has 0 bridgehead atoms. The van der Waals surface area contributed by atoms with Crippen LogP contribution in [0.25, 0.3) is 21.7 Å². The van der Waals surface area contributed by atoms with Crippen molar-refractivity contribution in [3.05, 3.63) is 167 Å².